The highest BCUT2D eigenvalue weighted by molar-refractivity contribution is 5.77. The van der Waals surface area contributed by atoms with Crippen molar-refractivity contribution >= 4 is 6.29 Å². The van der Waals surface area contributed by atoms with Gasteiger partial charge in [0, 0.05) is 24.6 Å². The Bertz CT molecular complexity index is 447. The molecular weight excluding hydrogens is 238 g/mol. The van der Waals surface area contributed by atoms with Crippen molar-refractivity contribution in [2.24, 2.45) is 0 Å². The summed E-state index contributed by atoms with van der Waals surface area (Å²) in [5.41, 5.74) is 1.96. The van der Waals surface area contributed by atoms with Gasteiger partial charge < -0.3 is 10.4 Å². The fourth-order valence-electron chi connectivity index (χ4n) is 1.47. The molecule has 1 aliphatic rings. The molecule has 0 aliphatic carbocycles. The average Bonchev–Trinajstić information content (AvgIpc) is 2.75. The van der Waals surface area contributed by atoms with Crippen LogP contribution in [0.4, 0.5) is 0 Å². The molecule has 0 radical (unpaired) electrons. The summed E-state index contributed by atoms with van der Waals surface area (Å²) in [6.07, 6.45) is 11.4. The highest BCUT2D eigenvalue weighted by atomic mass is 16.2. The topological polar surface area (TPSA) is 49.3 Å². The van der Waals surface area contributed by atoms with Crippen LogP contribution in [0, 0.1) is 0 Å². The highest BCUT2D eigenvalue weighted by Gasteiger charge is 1.88. The van der Waals surface area contributed by atoms with Gasteiger partial charge in [-0.25, -0.2) is 0 Å². The number of rotatable bonds is 4. The third-order valence-electron chi connectivity index (χ3n) is 2.44. The first-order valence-corrected chi connectivity index (χ1v) is 6.26. The summed E-state index contributed by atoms with van der Waals surface area (Å²) >= 11 is 0. The molecule has 1 aliphatic heterocycles. The summed E-state index contributed by atoms with van der Waals surface area (Å²) in [6.45, 7) is 0.287. The Morgan fingerprint density at radius 2 is 1.95 bits per heavy atom. The zero-order valence-corrected chi connectivity index (χ0v) is 10.8. The summed E-state index contributed by atoms with van der Waals surface area (Å²) < 4.78 is 0. The van der Waals surface area contributed by atoms with Crippen molar-refractivity contribution in [1.29, 1.82) is 0 Å². The Kier molecular flexibility index (Phi) is 7.74. The fraction of sp³-hybridized carbons (Fsp3) is 0.188. The number of carbonyl (C=O) groups is 1. The van der Waals surface area contributed by atoms with Gasteiger partial charge in [0.2, 0.25) is 0 Å². The predicted octanol–water partition coefficient (Wildman–Crippen LogP) is 2.35. The van der Waals surface area contributed by atoms with Crippen LogP contribution in [0.15, 0.2) is 66.5 Å². The number of nitrogens with one attached hydrogen (secondary N) is 1. The van der Waals surface area contributed by atoms with E-state index in [0.29, 0.717) is 5.57 Å². The van der Waals surface area contributed by atoms with E-state index in [-0.39, 0.29) is 6.61 Å². The molecule has 0 bridgehead atoms. The van der Waals surface area contributed by atoms with Crippen molar-refractivity contribution < 1.29 is 9.90 Å². The van der Waals surface area contributed by atoms with E-state index in [1.165, 1.54) is 5.56 Å². The fourth-order valence-corrected chi connectivity index (χ4v) is 1.47. The standard InChI is InChI=1S/C9H12O.C7H7NO/c10-8-4-7-9-5-2-1-3-6-9;9-6-7-3-1-2-4-8-5-7/h1-3,5-6,10H,4,7-8H2;1-6,8H. The second kappa shape index (κ2) is 9.85. The summed E-state index contributed by atoms with van der Waals surface area (Å²) in [5.74, 6) is 0. The molecular formula is C16H19NO2. The highest BCUT2D eigenvalue weighted by Crippen LogP contribution is 2.00. The molecule has 0 aromatic heterocycles. The van der Waals surface area contributed by atoms with Crippen molar-refractivity contribution in [3.05, 3.63) is 72.1 Å². The van der Waals surface area contributed by atoms with E-state index in [0.717, 1.165) is 19.1 Å². The van der Waals surface area contributed by atoms with Crippen LogP contribution in [0.5, 0.6) is 0 Å². The molecule has 0 amide bonds. The monoisotopic (exact) mass is 257 g/mol. The van der Waals surface area contributed by atoms with Gasteiger partial charge in [-0.15, -0.1) is 0 Å². The molecule has 0 saturated heterocycles. The van der Waals surface area contributed by atoms with Crippen LogP contribution >= 0.6 is 0 Å². The minimum atomic E-state index is 0.287. The van der Waals surface area contributed by atoms with Crippen LogP contribution in [-0.4, -0.2) is 18.0 Å². The van der Waals surface area contributed by atoms with Crippen LogP contribution < -0.4 is 5.32 Å². The molecule has 1 aromatic rings. The van der Waals surface area contributed by atoms with Crippen LogP contribution in [-0.2, 0) is 11.2 Å². The molecule has 3 nitrogen and oxygen atoms in total. The van der Waals surface area contributed by atoms with E-state index in [9.17, 15) is 4.79 Å². The van der Waals surface area contributed by atoms with E-state index < -0.39 is 0 Å². The van der Waals surface area contributed by atoms with Gasteiger partial charge in [0.25, 0.3) is 0 Å². The second-order valence-corrected chi connectivity index (χ2v) is 3.96. The number of benzene rings is 1. The van der Waals surface area contributed by atoms with E-state index in [2.05, 4.69) is 17.4 Å². The lowest BCUT2D eigenvalue weighted by atomic mass is 10.1. The van der Waals surface area contributed by atoms with Gasteiger partial charge in [0.1, 0.15) is 0 Å². The number of hydrogen-bond acceptors (Lipinski definition) is 3. The van der Waals surface area contributed by atoms with Gasteiger partial charge in [0.15, 0.2) is 6.29 Å². The third-order valence-corrected chi connectivity index (χ3v) is 2.44. The lowest BCUT2D eigenvalue weighted by Gasteiger charge is -1.96. The minimum absolute atomic E-state index is 0.287. The third kappa shape index (κ3) is 7.01. The molecule has 2 rings (SSSR count). The molecule has 19 heavy (non-hydrogen) atoms. The van der Waals surface area contributed by atoms with Gasteiger partial charge >= 0.3 is 0 Å². The lowest BCUT2D eigenvalue weighted by molar-refractivity contribution is -0.104. The van der Waals surface area contributed by atoms with Crippen molar-refractivity contribution in [3.63, 3.8) is 0 Å². The Balaban J connectivity index is 0.000000191. The summed E-state index contributed by atoms with van der Waals surface area (Å²) in [7, 11) is 0. The number of aliphatic hydroxyl groups is 1. The van der Waals surface area contributed by atoms with Crippen LogP contribution in [0.2, 0.25) is 0 Å². The van der Waals surface area contributed by atoms with Crippen molar-refractivity contribution in [3.8, 4) is 0 Å². The number of carbonyl (C=O) groups excluding carboxylic acids is 1. The number of aryl methyl sites for hydroxylation is 1. The number of aldehydes is 1. The van der Waals surface area contributed by atoms with Gasteiger partial charge in [0.05, 0.1) is 0 Å². The SMILES string of the molecule is O=CC1=CNC=CC=C1.OCCCc1ccccc1. The van der Waals surface area contributed by atoms with Gasteiger partial charge in [-0.1, -0.05) is 42.5 Å². The Hall–Kier alpha value is -2.13. The van der Waals surface area contributed by atoms with E-state index in [4.69, 9.17) is 5.11 Å². The maximum absolute atomic E-state index is 10.1. The molecule has 0 saturated carbocycles. The molecule has 0 atom stereocenters. The zero-order valence-electron chi connectivity index (χ0n) is 10.8. The van der Waals surface area contributed by atoms with Gasteiger partial charge in [-0.05, 0) is 24.5 Å². The first kappa shape index (κ1) is 14.9. The first-order valence-electron chi connectivity index (χ1n) is 6.26. The molecule has 3 heteroatoms. The zero-order chi connectivity index (χ0) is 13.8. The van der Waals surface area contributed by atoms with Crippen LogP contribution in [0.1, 0.15) is 12.0 Å². The maximum Gasteiger partial charge on any atom is 0.151 e. The van der Waals surface area contributed by atoms with Crippen LogP contribution in [0.3, 0.4) is 0 Å². The average molecular weight is 257 g/mol. The summed E-state index contributed by atoms with van der Waals surface area (Å²) in [5, 5.41) is 11.3. The molecule has 0 fully saturated rings. The Morgan fingerprint density at radius 3 is 2.63 bits per heavy atom. The predicted molar refractivity (Wildman–Crippen MR) is 77.4 cm³/mol. The van der Waals surface area contributed by atoms with Gasteiger partial charge in [-0.2, -0.15) is 0 Å². The Morgan fingerprint density at radius 1 is 1.16 bits per heavy atom. The number of allylic oxidation sites excluding steroid dienone is 4. The molecule has 2 N–H and O–H groups in total. The first-order chi connectivity index (χ1) is 9.36. The normalized spacial score (nSPS) is 12.6. The maximum atomic E-state index is 10.1. The quantitative estimate of drug-likeness (QED) is 0.814. The summed E-state index contributed by atoms with van der Waals surface area (Å²) in [4.78, 5) is 10.1. The number of hydrogen-bond donors (Lipinski definition) is 2. The molecule has 1 aromatic carbocycles. The van der Waals surface area contributed by atoms with Gasteiger partial charge in [-0.3, -0.25) is 4.79 Å². The molecule has 0 spiro atoms. The summed E-state index contributed by atoms with van der Waals surface area (Å²) in [6, 6.07) is 10.2. The molecule has 1 heterocycles. The number of aliphatic hydroxyl groups excluding tert-OH is 1. The molecule has 0 unspecified atom stereocenters. The van der Waals surface area contributed by atoms with E-state index in [1.54, 1.807) is 24.6 Å². The van der Waals surface area contributed by atoms with Crippen molar-refractivity contribution in [2.75, 3.05) is 6.61 Å². The smallest absolute Gasteiger partial charge is 0.151 e. The minimum Gasteiger partial charge on any atom is -0.396 e. The second-order valence-electron chi connectivity index (χ2n) is 3.96. The lowest BCUT2D eigenvalue weighted by Crippen LogP contribution is -1.92. The van der Waals surface area contributed by atoms with E-state index in [1.807, 2.05) is 24.3 Å². The Labute approximate surface area is 114 Å². The van der Waals surface area contributed by atoms with Crippen LogP contribution in [0.25, 0.3) is 0 Å². The van der Waals surface area contributed by atoms with E-state index >= 15 is 0 Å². The largest absolute Gasteiger partial charge is 0.396 e. The van der Waals surface area contributed by atoms with Crippen molar-refractivity contribution in [1.82, 2.24) is 5.32 Å². The molecule has 100 valence electrons. The van der Waals surface area contributed by atoms with Crippen molar-refractivity contribution in [2.45, 2.75) is 12.8 Å².